The lowest BCUT2D eigenvalue weighted by Gasteiger charge is -2.18. The highest BCUT2D eigenvalue weighted by atomic mass is 79.9. The average molecular weight is 239 g/mol. The molecule has 0 heterocycles. The maximum Gasteiger partial charge on any atom is 0.129 e. The molecule has 0 aliphatic carbocycles. The predicted molar refractivity (Wildman–Crippen MR) is 57.7 cm³/mol. The fourth-order valence-corrected chi connectivity index (χ4v) is 1.36. The number of aromatic hydroxyl groups is 1. The van der Waals surface area contributed by atoms with Crippen LogP contribution in [0.15, 0.2) is 22.7 Å². The lowest BCUT2D eigenvalue weighted by atomic mass is 9.86. The van der Waals surface area contributed by atoms with Gasteiger partial charge in [-0.2, -0.15) is 0 Å². The van der Waals surface area contributed by atoms with Crippen LogP contribution in [0.2, 0.25) is 0 Å². The van der Waals surface area contributed by atoms with E-state index >= 15 is 0 Å². The Morgan fingerprint density at radius 2 is 2.08 bits per heavy atom. The van der Waals surface area contributed by atoms with Crippen molar-refractivity contribution in [2.75, 3.05) is 0 Å². The van der Waals surface area contributed by atoms with E-state index in [4.69, 9.17) is 6.42 Å². The molecule has 0 amide bonds. The first-order valence-electron chi connectivity index (χ1n) is 3.94. The number of terminal acetylenes is 1. The normalized spacial score (nSPS) is 10.9. The Morgan fingerprint density at radius 3 is 2.54 bits per heavy atom. The minimum atomic E-state index is -0.295. The third-order valence-corrected chi connectivity index (χ3v) is 2.67. The zero-order valence-electron chi connectivity index (χ0n) is 7.63. The molecular weight excluding hydrogens is 228 g/mol. The molecule has 0 bridgehead atoms. The van der Waals surface area contributed by atoms with E-state index in [0.717, 1.165) is 5.56 Å². The van der Waals surface area contributed by atoms with Gasteiger partial charge in [-0.25, -0.2) is 0 Å². The Bertz CT molecular complexity index is 361. The van der Waals surface area contributed by atoms with Gasteiger partial charge >= 0.3 is 0 Å². The molecule has 1 aromatic carbocycles. The average Bonchev–Trinajstić information content (AvgIpc) is 2.09. The molecule has 0 aromatic heterocycles. The molecular formula is C11H11BrO. The molecule has 0 unspecified atom stereocenters. The van der Waals surface area contributed by atoms with Gasteiger partial charge in [-0.3, -0.25) is 0 Å². The first-order chi connectivity index (χ1) is 5.97. The van der Waals surface area contributed by atoms with Crippen molar-refractivity contribution in [3.05, 3.63) is 28.2 Å². The first kappa shape index (κ1) is 10.1. The van der Waals surface area contributed by atoms with Gasteiger partial charge in [0.05, 0.1) is 9.89 Å². The lowest BCUT2D eigenvalue weighted by molar-refractivity contribution is 0.471. The fourth-order valence-electron chi connectivity index (χ4n) is 0.979. The summed E-state index contributed by atoms with van der Waals surface area (Å²) < 4.78 is 0.674. The van der Waals surface area contributed by atoms with Gasteiger partial charge < -0.3 is 5.11 Å². The van der Waals surface area contributed by atoms with Crippen molar-refractivity contribution >= 4 is 15.9 Å². The molecule has 0 saturated carbocycles. The third kappa shape index (κ3) is 2.05. The Labute approximate surface area is 86.9 Å². The van der Waals surface area contributed by atoms with Crippen LogP contribution < -0.4 is 0 Å². The standard InChI is InChI=1S/C11H11BrO/c1-4-11(2,3)8-5-6-10(13)9(12)7-8/h1,5-7,13H,2-3H3. The van der Waals surface area contributed by atoms with Gasteiger partial charge in [0.1, 0.15) is 5.75 Å². The zero-order chi connectivity index (χ0) is 10.1. The van der Waals surface area contributed by atoms with Gasteiger partial charge in [0.25, 0.3) is 0 Å². The van der Waals surface area contributed by atoms with E-state index in [9.17, 15) is 5.11 Å². The van der Waals surface area contributed by atoms with Crippen LogP contribution in [0.4, 0.5) is 0 Å². The highest BCUT2D eigenvalue weighted by Gasteiger charge is 2.17. The summed E-state index contributed by atoms with van der Waals surface area (Å²) in [6.07, 6.45) is 5.40. The smallest absolute Gasteiger partial charge is 0.129 e. The van der Waals surface area contributed by atoms with Gasteiger partial charge in [-0.1, -0.05) is 12.0 Å². The molecule has 13 heavy (non-hydrogen) atoms. The molecule has 0 spiro atoms. The Balaban J connectivity index is 3.20. The minimum absolute atomic E-state index is 0.233. The van der Waals surface area contributed by atoms with E-state index in [0.29, 0.717) is 4.47 Å². The lowest BCUT2D eigenvalue weighted by Crippen LogP contribution is -2.13. The summed E-state index contributed by atoms with van der Waals surface area (Å²) in [5, 5.41) is 9.28. The second-order valence-corrected chi connectivity index (χ2v) is 4.29. The van der Waals surface area contributed by atoms with E-state index in [1.165, 1.54) is 0 Å². The maximum atomic E-state index is 9.28. The number of hydrogen-bond donors (Lipinski definition) is 1. The Kier molecular flexibility index (Phi) is 2.68. The van der Waals surface area contributed by atoms with Gasteiger partial charge in [0, 0.05) is 0 Å². The molecule has 0 saturated heterocycles. The molecule has 0 fully saturated rings. The topological polar surface area (TPSA) is 20.2 Å². The number of hydrogen-bond acceptors (Lipinski definition) is 1. The van der Waals surface area contributed by atoms with Crippen molar-refractivity contribution in [3.63, 3.8) is 0 Å². The van der Waals surface area contributed by atoms with Crippen molar-refractivity contribution in [2.24, 2.45) is 0 Å². The molecule has 0 aliphatic heterocycles. The quantitative estimate of drug-likeness (QED) is 0.746. The van der Waals surface area contributed by atoms with Crippen molar-refractivity contribution in [3.8, 4) is 18.1 Å². The Hall–Kier alpha value is -0.940. The number of phenolic OH excluding ortho intramolecular Hbond substituents is 1. The summed E-state index contributed by atoms with van der Waals surface area (Å²) in [7, 11) is 0. The van der Waals surface area contributed by atoms with Crippen LogP contribution in [-0.2, 0) is 5.41 Å². The molecule has 1 N–H and O–H groups in total. The largest absolute Gasteiger partial charge is 0.507 e. The first-order valence-corrected chi connectivity index (χ1v) is 4.73. The van der Waals surface area contributed by atoms with Crippen LogP contribution in [0.1, 0.15) is 19.4 Å². The molecule has 68 valence electrons. The van der Waals surface area contributed by atoms with Crippen molar-refractivity contribution in [2.45, 2.75) is 19.3 Å². The summed E-state index contributed by atoms with van der Waals surface area (Å²) >= 11 is 3.25. The summed E-state index contributed by atoms with van der Waals surface area (Å²) in [5.74, 6) is 2.93. The van der Waals surface area contributed by atoms with Gasteiger partial charge in [0.2, 0.25) is 0 Å². The van der Waals surface area contributed by atoms with E-state index < -0.39 is 0 Å². The maximum absolute atomic E-state index is 9.28. The number of halogens is 1. The second kappa shape index (κ2) is 3.43. The van der Waals surface area contributed by atoms with Gasteiger partial charge in [-0.15, -0.1) is 6.42 Å². The van der Waals surface area contributed by atoms with E-state index in [-0.39, 0.29) is 11.2 Å². The fraction of sp³-hybridized carbons (Fsp3) is 0.273. The van der Waals surface area contributed by atoms with Crippen molar-refractivity contribution in [1.29, 1.82) is 0 Å². The van der Waals surface area contributed by atoms with E-state index in [1.807, 2.05) is 26.0 Å². The number of benzene rings is 1. The van der Waals surface area contributed by atoms with E-state index in [2.05, 4.69) is 21.9 Å². The van der Waals surface area contributed by atoms with Gasteiger partial charge in [-0.05, 0) is 47.5 Å². The Morgan fingerprint density at radius 1 is 1.46 bits per heavy atom. The predicted octanol–water partition coefficient (Wildman–Crippen LogP) is 3.07. The summed E-state index contributed by atoms with van der Waals surface area (Å²) in [6.45, 7) is 3.93. The summed E-state index contributed by atoms with van der Waals surface area (Å²) in [6, 6.07) is 5.31. The molecule has 0 radical (unpaired) electrons. The molecule has 1 rings (SSSR count). The summed E-state index contributed by atoms with van der Waals surface area (Å²) in [5.41, 5.74) is 0.718. The van der Waals surface area contributed by atoms with E-state index in [1.54, 1.807) is 6.07 Å². The van der Waals surface area contributed by atoms with Crippen LogP contribution in [0, 0.1) is 12.3 Å². The van der Waals surface area contributed by atoms with Crippen LogP contribution in [0.5, 0.6) is 5.75 Å². The molecule has 2 heteroatoms. The highest BCUT2D eigenvalue weighted by molar-refractivity contribution is 9.10. The minimum Gasteiger partial charge on any atom is -0.507 e. The zero-order valence-corrected chi connectivity index (χ0v) is 9.22. The SMILES string of the molecule is C#CC(C)(C)c1ccc(O)c(Br)c1. The van der Waals surface area contributed by atoms with Crippen LogP contribution in [-0.4, -0.2) is 5.11 Å². The highest BCUT2D eigenvalue weighted by Crippen LogP contribution is 2.30. The number of rotatable bonds is 1. The second-order valence-electron chi connectivity index (χ2n) is 3.44. The van der Waals surface area contributed by atoms with Crippen molar-refractivity contribution in [1.82, 2.24) is 0 Å². The van der Waals surface area contributed by atoms with Crippen LogP contribution >= 0.6 is 15.9 Å². The van der Waals surface area contributed by atoms with Crippen LogP contribution in [0.3, 0.4) is 0 Å². The molecule has 1 aromatic rings. The molecule has 0 aliphatic rings. The monoisotopic (exact) mass is 238 g/mol. The molecule has 0 atom stereocenters. The molecule has 1 nitrogen and oxygen atoms in total. The summed E-state index contributed by atoms with van der Waals surface area (Å²) in [4.78, 5) is 0. The number of phenols is 1. The third-order valence-electron chi connectivity index (χ3n) is 2.03. The van der Waals surface area contributed by atoms with Crippen molar-refractivity contribution < 1.29 is 5.11 Å². The van der Waals surface area contributed by atoms with Gasteiger partial charge in [0.15, 0.2) is 0 Å². The van der Waals surface area contributed by atoms with Crippen LogP contribution in [0.25, 0.3) is 0 Å².